The van der Waals surface area contributed by atoms with Gasteiger partial charge in [0.1, 0.15) is 29.4 Å². The average molecular weight is 370 g/mol. The monoisotopic (exact) mass is 370 g/mol. The van der Waals surface area contributed by atoms with Crippen molar-refractivity contribution in [2.45, 2.75) is 26.2 Å². The van der Waals surface area contributed by atoms with Gasteiger partial charge in [-0.2, -0.15) is 0 Å². The molecule has 3 rings (SSSR count). The summed E-state index contributed by atoms with van der Waals surface area (Å²) in [5.74, 6) is -1.05. The average Bonchev–Trinajstić information content (AvgIpc) is 2.60. The summed E-state index contributed by atoms with van der Waals surface area (Å²) in [5, 5.41) is 30.3. The minimum atomic E-state index is -0.690. The number of carbonyl (C=O) groups is 1. The number of aromatic hydroxyl groups is 3. The van der Waals surface area contributed by atoms with E-state index in [-0.39, 0.29) is 41.0 Å². The fraction of sp³-hybridized carbons (Fsp3) is 0.286. The molecule has 1 aliphatic heterocycles. The van der Waals surface area contributed by atoms with Gasteiger partial charge in [-0.25, -0.2) is 0 Å². The Morgan fingerprint density at radius 3 is 2.67 bits per heavy atom. The highest BCUT2D eigenvalue weighted by molar-refractivity contribution is 6.06. The highest BCUT2D eigenvalue weighted by atomic mass is 16.5. The first-order valence-electron chi connectivity index (χ1n) is 8.58. The summed E-state index contributed by atoms with van der Waals surface area (Å²) in [5.41, 5.74) is 2.31. The van der Waals surface area contributed by atoms with Gasteiger partial charge in [0.2, 0.25) is 0 Å². The lowest BCUT2D eigenvalue weighted by Gasteiger charge is -2.27. The Hall–Kier alpha value is -3.15. The Bertz CT molecular complexity index is 925. The van der Waals surface area contributed by atoms with Gasteiger partial charge in [0.05, 0.1) is 13.0 Å². The number of carbonyl (C=O) groups excluding carboxylic acids is 1. The first-order chi connectivity index (χ1) is 12.8. The molecule has 0 aliphatic carbocycles. The number of hydrogen-bond donors (Lipinski definition) is 3. The summed E-state index contributed by atoms with van der Waals surface area (Å²) in [6.07, 6.45) is 2.38. The number of phenols is 3. The van der Waals surface area contributed by atoms with Gasteiger partial charge in [0.25, 0.3) is 0 Å². The third-order valence-electron chi connectivity index (χ3n) is 4.63. The van der Waals surface area contributed by atoms with Crippen molar-refractivity contribution in [3.63, 3.8) is 0 Å². The van der Waals surface area contributed by atoms with Crippen molar-refractivity contribution in [2.75, 3.05) is 13.7 Å². The molecule has 142 valence electrons. The van der Waals surface area contributed by atoms with E-state index in [4.69, 9.17) is 9.47 Å². The summed E-state index contributed by atoms with van der Waals surface area (Å²) >= 11 is 0. The summed E-state index contributed by atoms with van der Waals surface area (Å²) in [6.45, 7) is 3.95. The molecule has 0 saturated heterocycles. The zero-order valence-corrected chi connectivity index (χ0v) is 15.4. The van der Waals surface area contributed by atoms with Gasteiger partial charge in [-0.3, -0.25) is 4.79 Å². The number of methoxy groups -OCH3 is 1. The van der Waals surface area contributed by atoms with Crippen LogP contribution in [0.5, 0.6) is 28.7 Å². The van der Waals surface area contributed by atoms with Crippen LogP contribution in [0.3, 0.4) is 0 Å². The molecule has 0 fully saturated rings. The fourth-order valence-electron chi connectivity index (χ4n) is 3.24. The normalized spacial score (nSPS) is 15.7. The van der Waals surface area contributed by atoms with Gasteiger partial charge in [-0.1, -0.05) is 17.7 Å². The van der Waals surface area contributed by atoms with Crippen LogP contribution in [-0.2, 0) is 6.42 Å². The molecular weight excluding hydrogens is 348 g/mol. The van der Waals surface area contributed by atoms with E-state index < -0.39 is 5.92 Å². The molecular formula is C21H22O6. The Kier molecular flexibility index (Phi) is 4.99. The molecule has 0 bridgehead atoms. The van der Waals surface area contributed by atoms with Gasteiger partial charge in [0.15, 0.2) is 17.3 Å². The van der Waals surface area contributed by atoms with Crippen molar-refractivity contribution in [1.82, 2.24) is 0 Å². The molecule has 1 atom stereocenters. The van der Waals surface area contributed by atoms with Crippen molar-refractivity contribution in [3.05, 3.63) is 52.6 Å². The maximum Gasteiger partial charge on any atom is 0.181 e. The molecule has 2 aromatic carbocycles. The maximum atomic E-state index is 13.1. The van der Waals surface area contributed by atoms with E-state index in [0.717, 1.165) is 11.6 Å². The molecule has 0 aromatic heterocycles. The van der Waals surface area contributed by atoms with Crippen molar-refractivity contribution < 1.29 is 29.6 Å². The lowest BCUT2D eigenvalue weighted by molar-refractivity contribution is 0.0891. The second kappa shape index (κ2) is 7.23. The summed E-state index contributed by atoms with van der Waals surface area (Å²) < 4.78 is 10.8. The number of rotatable bonds is 4. The molecule has 3 N–H and O–H groups in total. The number of Topliss-reactive ketones (excluding diaryl/α,β-unsaturated/α-hetero) is 1. The van der Waals surface area contributed by atoms with Crippen LogP contribution in [0, 0.1) is 0 Å². The van der Waals surface area contributed by atoms with Gasteiger partial charge >= 0.3 is 0 Å². The standard InChI is InChI=1S/C21H22O6/c1-11(2)4-5-14-13(6-7-17(26-3)20(14)24)15-10-27-18-9-12(22)8-16(23)19(18)21(15)25/h4,6-9,15,22-24H,5,10H2,1-3H3. The SMILES string of the molecule is COc1ccc(C2COc3cc(O)cc(O)c3C2=O)c(CC=C(C)C)c1O. The predicted molar refractivity (Wildman–Crippen MR) is 100 cm³/mol. The first-order valence-corrected chi connectivity index (χ1v) is 8.58. The van der Waals surface area contributed by atoms with Crippen LogP contribution in [0.2, 0.25) is 0 Å². The zero-order chi connectivity index (χ0) is 19.7. The summed E-state index contributed by atoms with van der Waals surface area (Å²) in [7, 11) is 1.47. The minimum Gasteiger partial charge on any atom is -0.508 e. The number of ether oxygens (including phenoxy) is 2. The topological polar surface area (TPSA) is 96.2 Å². The van der Waals surface area contributed by atoms with E-state index >= 15 is 0 Å². The number of fused-ring (bicyclic) bond motifs is 1. The molecule has 6 heteroatoms. The molecule has 1 heterocycles. The van der Waals surface area contributed by atoms with Gasteiger partial charge in [-0.15, -0.1) is 0 Å². The van der Waals surface area contributed by atoms with Crippen LogP contribution in [0.1, 0.15) is 41.3 Å². The molecule has 6 nitrogen and oxygen atoms in total. The Morgan fingerprint density at radius 2 is 2.00 bits per heavy atom. The van der Waals surface area contributed by atoms with E-state index in [1.165, 1.54) is 13.2 Å². The van der Waals surface area contributed by atoms with Gasteiger partial charge in [-0.05, 0) is 31.9 Å². The van der Waals surface area contributed by atoms with E-state index in [2.05, 4.69) is 0 Å². The number of phenolic OH excluding ortho intramolecular Hbond substituents is 3. The van der Waals surface area contributed by atoms with Crippen LogP contribution in [0.4, 0.5) is 0 Å². The van der Waals surface area contributed by atoms with E-state index in [1.807, 2.05) is 19.9 Å². The highest BCUT2D eigenvalue weighted by Crippen LogP contribution is 2.43. The fourth-order valence-corrected chi connectivity index (χ4v) is 3.24. The number of benzene rings is 2. The van der Waals surface area contributed by atoms with E-state index in [1.54, 1.807) is 12.1 Å². The largest absolute Gasteiger partial charge is 0.508 e. The van der Waals surface area contributed by atoms with Crippen LogP contribution < -0.4 is 9.47 Å². The molecule has 0 radical (unpaired) electrons. The third kappa shape index (κ3) is 3.43. The molecule has 1 aliphatic rings. The maximum absolute atomic E-state index is 13.1. The lowest BCUT2D eigenvalue weighted by atomic mass is 9.84. The van der Waals surface area contributed by atoms with Crippen LogP contribution in [0.15, 0.2) is 35.9 Å². The number of allylic oxidation sites excluding steroid dienone is 2. The van der Waals surface area contributed by atoms with E-state index in [9.17, 15) is 20.1 Å². The Labute approximate surface area is 157 Å². The lowest BCUT2D eigenvalue weighted by Crippen LogP contribution is -2.27. The van der Waals surface area contributed by atoms with Gasteiger partial charge in [0, 0.05) is 17.7 Å². The van der Waals surface area contributed by atoms with Crippen LogP contribution >= 0.6 is 0 Å². The van der Waals surface area contributed by atoms with Gasteiger partial charge < -0.3 is 24.8 Å². The van der Waals surface area contributed by atoms with Crippen molar-refractivity contribution in [2.24, 2.45) is 0 Å². The summed E-state index contributed by atoms with van der Waals surface area (Å²) in [4.78, 5) is 13.1. The first kappa shape index (κ1) is 18.6. The van der Waals surface area contributed by atoms with E-state index in [0.29, 0.717) is 23.3 Å². The van der Waals surface area contributed by atoms with Crippen LogP contribution in [0.25, 0.3) is 0 Å². The quantitative estimate of drug-likeness (QED) is 0.711. The Morgan fingerprint density at radius 1 is 1.26 bits per heavy atom. The molecule has 1 unspecified atom stereocenters. The Balaban J connectivity index is 2.10. The second-order valence-corrected chi connectivity index (χ2v) is 6.74. The van der Waals surface area contributed by atoms with Crippen molar-refractivity contribution in [3.8, 4) is 28.7 Å². The number of ketones is 1. The summed E-state index contributed by atoms with van der Waals surface area (Å²) in [6, 6.07) is 5.76. The van der Waals surface area contributed by atoms with Crippen molar-refractivity contribution >= 4 is 5.78 Å². The molecule has 27 heavy (non-hydrogen) atoms. The molecule has 0 saturated carbocycles. The third-order valence-corrected chi connectivity index (χ3v) is 4.63. The molecule has 0 amide bonds. The van der Waals surface area contributed by atoms with Crippen LogP contribution in [-0.4, -0.2) is 34.8 Å². The minimum absolute atomic E-state index is 0.0129. The van der Waals surface area contributed by atoms with Crippen molar-refractivity contribution in [1.29, 1.82) is 0 Å². The highest BCUT2D eigenvalue weighted by Gasteiger charge is 2.35. The molecule has 0 spiro atoms. The second-order valence-electron chi connectivity index (χ2n) is 6.74. The number of hydrogen-bond acceptors (Lipinski definition) is 6. The molecule has 2 aromatic rings. The smallest absolute Gasteiger partial charge is 0.181 e. The predicted octanol–water partition coefficient (Wildman–Crippen LogP) is 3.68. The zero-order valence-electron chi connectivity index (χ0n) is 15.4.